The van der Waals surface area contributed by atoms with E-state index in [1.54, 1.807) is 12.1 Å². The van der Waals surface area contributed by atoms with Crippen LogP contribution in [0.25, 0.3) is 0 Å². The van der Waals surface area contributed by atoms with Crippen LogP contribution >= 0.6 is 11.6 Å². The molecule has 128 valence electrons. The Labute approximate surface area is 147 Å². The number of aromatic amines is 1. The quantitative estimate of drug-likeness (QED) is 0.867. The average Bonchev–Trinajstić information content (AvgIpc) is 2.48. The number of benzene rings is 1. The van der Waals surface area contributed by atoms with Crippen LogP contribution < -0.4 is 10.9 Å². The zero-order valence-electron chi connectivity index (χ0n) is 14.4. The van der Waals surface area contributed by atoms with Crippen LogP contribution in [0.15, 0.2) is 35.1 Å². The number of carbonyl (C=O) groups is 1. The Morgan fingerprint density at radius 2 is 1.83 bits per heavy atom. The molecule has 4 nitrogen and oxygen atoms in total. The molecule has 2 rings (SSSR count). The van der Waals surface area contributed by atoms with Crippen molar-refractivity contribution in [3.05, 3.63) is 68.1 Å². The molecule has 0 fully saturated rings. The molecule has 0 aliphatic rings. The molecule has 2 N–H and O–H groups in total. The van der Waals surface area contributed by atoms with Gasteiger partial charge in [0.1, 0.15) is 0 Å². The molecule has 0 bridgehead atoms. The van der Waals surface area contributed by atoms with E-state index in [9.17, 15) is 9.59 Å². The summed E-state index contributed by atoms with van der Waals surface area (Å²) in [4.78, 5) is 27.5. The molecular weight excluding hydrogens is 324 g/mol. The molecule has 1 aromatic carbocycles. The second-order valence-electron chi connectivity index (χ2n) is 6.43. The Bertz CT molecular complexity index is 779. The zero-order valence-corrected chi connectivity index (χ0v) is 15.2. The molecule has 0 spiro atoms. The van der Waals surface area contributed by atoms with Crippen LogP contribution in [-0.4, -0.2) is 10.9 Å². The minimum Gasteiger partial charge on any atom is -0.351 e. The number of hydrogen-bond donors (Lipinski definition) is 2. The van der Waals surface area contributed by atoms with Crippen molar-refractivity contribution in [2.45, 2.75) is 40.2 Å². The Morgan fingerprint density at radius 3 is 2.38 bits per heavy atom. The number of carbonyl (C=O) groups excluding carboxylic acids is 1. The van der Waals surface area contributed by atoms with Gasteiger partial charge in [-0.15, -0.1) is 0 Å². The fraction of sp³-hybridized carbons (Fsp3) is 0.368. The van der Waals surface area contributed by atoms with Crippen molar-refractivity contribution in [1.29, 1.82) is 0 Å². The molecule has 0 radical (unpaired) electrons. The van der Waals surface area contributed by atoms with Gasteiger partial charge in [0.2, 0.25) is 5.91 Å². The molecule has 0 aliphatic heterocycles. The number of hydrogen-bond acceptors (Lipinski definition) is 2. The van der Waals surface area contributed by atoms with Crippen LogP contribution in [0, 0.1) is 19.8 Å². The second kappa shape index (κ2) is 7.67. The van der Waals surface area contributed by atoms with Crippen molar-refractivity contribution in [2.75, 3.05) is 0 Å². The lowest BCUT2D eigenvalue weighted by Crippen LogP contribution is -2.33. The number of aromatic nitrogens is 1. The molecule has 1 amide bonds. The van der Waals surface area contributed by atoms with Crippen molar-refractivity contribution in [2.24, 2.45) is 5.92 Å². The van der Waals surface area contributed by atoms with Crippen LogP contribution in [0.4, 0.5) is 0 Å². The Hall–Kier alpha value is -2.07. The Kier molecular flexibility index (Phi) is 5.84. The van der Waals surface area contributed by atoms with E-state index < -0.39 is 0 Å². The van der Waals surface area contributed by atoms with Crippen molar-refractivity contribution in [3.63, 3.8) is 0 Å². The number of pyridine rings is 1. The molecule has 1 heterocycles. The number of H-pyrrole nitrogens is 1. The number of rotatable bonds is 5. The monoisotopic (exact) mass is 346 g/mol. The smallest absolute Gasteiger partial charge is 0.253 e. The minimum absolute atomic E-state index is 0.0910. The van der Waals surface area contributed by atoms with Gasteiger partial charge < -0.3 is 10.3 Å². The maximum Gasteiger partial charge on any atom is 0.253 e. The Balaban J connectivity index is 2.18. The molecule has 1 atom stereocenters. The standard InChI is InChI=1S/C19H23ClN2O2/c1-11(2)17(14-5-7-15(20)8-6-14)19(24)21-10-16-12(3)9-13(4)22-18(16)23/h5-9,11,17H,10H2,1-4H3,(H,21,24)(H,22,23). The molecular formula is C19H23ClN2O2. The predicted molar refractivity (Wildman–Crippen MR) is 97.4 cm³/mol. The molecule has 5 heteroatoms. The third-order valence-corrected chi connectivity index (χ3v) is 4.36. The first-order chi connectivity index (χ1) is 11.3. The predicted octanol–water partition coefficient (Wildman–Crippen LogP) is 3.70. The van der Waals surface area contributed by atoms with Gasteiger partial charge in [-0.25, -0.2) is 0 Å². The van der Waals surface area contributed by atoms with E-state index in [0.717, 1.165) is 16.8 Å². The first kappa shape index (κ1) is 18.3. The van der Waals surface area contributed by atoms with Gasteiger partial charge in [0, 0.05) is 22.8 Å². The number of halogens is 1. The van der Waals surface area contributed by atoms with E-state index in [1.165, 1.54) is 0 Å². The highest BCUT2D eigenvalue weighted by molar-refractivity contribution is 6.30. The van der Waals surface area contributed by atoms with Crippen molar-refractivity contribution in [1.82, 2.24) is 10.3 Å². The SMILES string of the molecule is Cc1cc(C)c(CNC(=O)C(c2ccc(Cl)cc2)C(C)C)c(=O)[nH]1. The van der Waals surface area contributed by atoms with Crippen LogP contribution in [0.2, 0.25) is 5.02 Å². The summed E-state index contributed by atoms with van der Waals surface area (Å²) in [5.74, 6) is -0.248. The van der Waals surface area contributed by atoms with E-state index in [0.29, 0.717) is 10.6 Å². The summed E-state index contributed by atoms with van der Waals surface area (Å²) >= 11 is 5.93. The summed E-state index contributed by atoms with van der Waals surface area (Å²) in [5, 5.41) is 3.54. The maximum absolute atomic E-state index is 12.7. The lowest BCUT2D eigenvalue weighted by Gasteiger charge is -2.21. The van der Waals surface area contributed by atoms with Crippen molar-refractivity contribution in [3.8, 4) is 0 Å². The highest BCUT2D eigenvalue weighted by Crippen LogP contribution is 2.26. The molecule has 0 aliphatic carbocycles. The summed E-state index contributed by atoms with van der Waals surface area (Å²) < 4.78 is 0. The molecule has 2 aromatic rings. The van der Waals surface area contributed by atoms with E-state index in [1.807, 2.05) is 45.9 Å². The molecule has 0 saturated carbocycles. The van der Waals surface area contributed by atoms with Gasteiger partial charge in [-0.2, -0.15) is 0 Å². The molecule has 1 aromatic heterocycles. The highest BCUT2D eigenvalue weighted by Gasteiger charge is 2.24. The third-order valence-electron chi connectivity index (χ3n) is 4.11. The largest absolute Gasteiger partial charge is 0.351 e. The van der Waals surface area contributed by atoms with E-state index >= 15 is 0 Å². The van der Waals surface area contributed by atoms with Crippen molar-refractivity contribution >= 4 is 17.5 Å². The summed E-state index contributed by atoms with van der Waals surface area (Å²) in [7, 11) is 0. The lowest BCUT2D eigenvalue weighted by molar-refractivity contribution is -0.123. The third kappa shape index (κ3) is 4.26. The van der Waals surface area contributed by atoms with Crippen LogP contribution in [0.1, 0.15) is 42.1 Å². The molecule has 0 saturated heterocycles. The number of aryl methyl sites for hydroxylation is 2. The number of amides is 1. The number of nitrogens with one attached hydrogen (secondary N) is 2. The summed E-state index contributed by atoms with van der Waals surface area (Å²) in [6.45, 7) is 7.94. The van der Waals surface area contributed by atoms with Gasteiger partial charge in [-0.3, -0.25) is 9.59 Å². The summed E-state index contributed by atoms with van der Waals surface area (Å²) in [5.41, 5.74) is 3.05. The first-order valence-electron chi connectivity index (χ1n) is 8.02. The normalized spacial score (nSPS) is 12.2. The first-order valence-corrected chi connectivity index (χ1v) is 8.40. The fourth-order valence-corrected chi connectivity index (χ4v) is 3.02. The zero-order chi connectivity index (χ0) is 17.9. The van der Waals surface area contributed by atoms with Crippen molar-refractivity contribution < 1.29 is 4.79 Å². The van der Waals surface area contributed by atoms with E-state index in [4.69, 9.17) is 11.6 Å². The molecule has 1 unspecified atom stereocenters. The van der Waals surface area contributed by atoms with Gasteiger partial charge in [0.05, 0.1) is 5.92 Å². The second-order valence-corrected chi connectivity index (χ2v) is 6.87. The topological polar surface area (TPSA) is 62.0 Å². The average molecular weight is 347 g/mol. The summed E-state index contributed by atoms with van der Waals surface area (Å²) in [6, 6.07) is 9.22. The van der Waals surface area contributed by atoms with Gasteiger partial charge in [0.15, 0.2) is 0 Å². The Morgan fingerprint density at radius 1 is 1.21 bits per heavy atom. The van der Waals surface area contributed by atoms with Crippen LogP contribution in [0.3, 0.4) is 0 Å². The van der Waals surface area contributed by atoms with Gasteiger partial charge in [-0.05, 0) is 49.1 Å². The minimum atomic E-state index is -0.285. The maximum atomic E-state index is 12.7. The van der Waals surface area contributed by atoms with E-state index in [2.05, 4.69) is 10.3 Å². The van der Waals surface area contributed by atoms with Gasteiger partial charge in [0.25, 0.3) is 5.56 Å². The van der Waals surface area contributed by atoms with Gasteiger partial charge in [-0.1, -0.05) is 37.6 Å². The fourth-order valence-electron chi connectivity index (χ4n) is 2.90. The van der Waals surface area contributed by atoms with Crippen LogP contribution in [-0.2, 0) is 11.3 Å². The molecule has 24 heavy (non-hydrogen) atoms. The highest BCUT2D eigenvalue weighted by atomic mass is 35.5. The van der Waals surface area contributed by atoms with Gasteiger partial charge >= 0.3 is 0 Å². The van der Waals surface area contributed by atoms with Crippen LogP contribution in [0.5, 0.6) is 0 Å². The lowest BCUT2D eigenvalue weighted by atomic mass is 9.87. The summed E-state index contributed by atoms with van der Waals surface area (Å²) in [6.07, 6.45) is 0. The van der Waals surface area contributed by atoms with E-state index in [-0.39, 0.29) is 29.8 Å².